The van der Waals surface area contributed by atoms with Crippen LogP contribution in [0.25, 0.3) is 16.8 Å². The normalized spacial score (nSPS) is 14.5. The Morgan fingerprint density at radius 2 is 1.88 bits per heavy atom. The molecule has 174 valence electrons. The van der Waals surface area contributed by atoms with Crippen molar-refractivity contribution in [3.63, 3.8) is 0 Å². The van der Waals surface area contributed by atoms with E-state index in [0.717, 1.165) is 16.3 Å². The van der Waals surface area contributed by atoms with E-state index in [1.54, 1.807) is 12.1 Å². The van der Waals surface area contributed by atoms with Crippen LogP contribution in [-0.4, -0.2) is 41.1 Å². The van der Waals surface area contributed by atoms with Crippen molar-refractivity contribution in [2.24, 2.45) is 0 Å². The molecule has 9 heteroatoms. The van der Waals surface area contributed by atoms with E-state index in [0.29, 0.717) is 39.6 Å². The molecule has 0 aromatic heterocycles. The number of carboxylic acid groups (broad SMARTS) is 1. The first kappa shape index (κ1) is 23.3. The molecule has 3 amide bonds. The predicted octanol–water partition coefficient (Wildman–Crippen LogP) is 4.56. The van der Waals surface area contributed by atoms with Gasteiger partial charge in [-0.1, -0.05) is 42.5 Å². The van der Waals surface area contributed by atoms with Crippen LogP contribution in [0.1, 0.15) is 18.1 Å². The third kappa shape index (κ3) is 4.89. The minimum atomic E-state index is -1.28. The maximum atomic E-state index is 12.4. The molecule has 2 N–H and O–H groups in total. The molecule has 1 aliphatic heterocycles. The van der Waals surface area contributed by atoms with Gasteiger partial charge >= 0.3 is 12.0 Å². The molecule has 1 heterocycles. The topological polar surface area (TPSA) is 105 Å². The van der Waals surface area contributed by atoms with Gasteiger partial charge in [-0.15, -0.1) is 0 Å². The Balaban J connectivity index is 1.61. The molecular weight excluding hydrogens is 504 g/mol. The van der Waals surface area contributed by atoms with Gasteiger partial charge in [0, 0.05) is 0 Å². The van der Waals surface area contributed by atoms with Crippen LogP contribution >= 0.6 is 15.9 Å². The van der Waals surface area contributed by atoms with Crippen LogP contribution < -0.4 is 14.8 Å². The van der Waals surface area contributed by atoms with Crippen LogP contribution in [0.3, 0.4) is 0 Å². The van der Waals surface area contributed by atoms with Crippen molar-refractivity contribution in [1.29, 1.82) is 0 Å². The lowest BCUT2D eigenvalue weighted by atomic mass is 10.1. The number of nitrogens with zero attached hydrogens (tertiary/aromatic N) is 1. The average molecular weight is 525 g/mol. The highest BCUT2D eigenvalue weighted by Crippen LogP contribution is 2.38. The number of halogens is 1. The number of rotatable bonds is 8. The summed E-state index contributed by atoms with van der Waals surface area (Å²) in [5, 5.41) is 13.5. The van der Waals surface area contributed by atoms with Crippen molar-refractivity contribution in [3.8, 4) is 11.5 Å². The zero-order chi connectivity index (χ0) is 24.2. The van der Waals surface area contributed by atoms with Crippen LogP contribution in [0.5, 0.6) is 11.5 Å². The maximum absolute atomic E-state index is 12.4. The number of ether oxygens (including phenoxy) is 2. The molecule has 4 rings (SSSR count). The Labute approximate surface area is 203 Å². The van der Waals surface area contributed by atoms with Crippen molar-refractivity contribution in [2.75, 3.05) is 13.2 Å². The molecule has 0 saturated carbocycles. The summed E-state index contributed by atoms with van der Waals surface area (Å²) in [5.74, 6) is -1.02. The zero-order valence-corrected chi connectivity index (χ0v) is 19.8. The van der Waals surface area contributed by atoms with E-state index < -0.39 is 24.5 Å². The predicted molar refractivity (Wildman–Crippen MR) is 129 cm³/mol. The Morgan fingerprint density at radius 3 is 2.65 bits per heavy atom. The Morgan fingerprint density at radius 1 is 1.12 bits per heavy atom. The Bertz CT molecular complexity index is 1310. The SMILES string of the molecule is CCOc1cc(/C=C2/NC(=O)N(CC(=O)O)C2=O)cc(Br)c1OCc1cccc2ccccc12. The van der Waals surface area contributed by atoms with Gasteiger partial charge in [0.2, 0.25) is 0 Å². The van der Waals surface area contributed by atoms with Gasteiger partial charge in [0.05, 0.1) is 11.1 Å². The number of carbonyl (C=O) groups excluding carboxylic acids is 2. The molecule has 1 fully saturated rings. The summed E-state index contributed by atoms with van der Waals surface area (Å²) in [6.07, 6.45) is 1.46. The number of fused-ring (bicyclic) bond motifs is 1. The monoisotopic (exact) mass is 524 g/mol. The highest BCUT2D eigenvalue weighted by Gasteiger charge is 2.35. The third-order valence-corrected chi connectivity index (χ3v) is 5.74. The molecule has 0 atom stereocenters. The van der Waals surface area contributed by atoms with Crippen LogP contribution in [0.15, 0.2) is 64.8 Å². The van der Waals surface area contributed by atoms with Gasteiger partial charge in [-0.25, -0.2) is 9.69 Å². The minimum Gasteiger partial charge on any atom is -0.490 e. The van der Waals surface area contributed by atoms with E-state index in [2.05, 4.69) is 21.2 Å². The molecule has 0 bridgehead atoms. The molecule has 8 nitrogen and oxygen atoms in total. The summed E-state index contributed by atoms with van der Waals surface area (Å²) in [6.45, 7) is 1.84. The standard InChI is InChI=1S/C25H21BrN2O6/c1-2-33-21-12-15(11-20-24(31)28(13-22(29)30)25(32)27-20)10-19(26)23(21)34-14-17-8-5-7-16-6-3-4-9-18(16)17/h3-12H,2,13-14H2,1H3,(H,27,32)(H,29,30)/b20-11+. The quantitative estimate of drug-likeness (QED) is 0.330. The molecule has 3 aromatic carbocycles. The maximum Gasteiger partial charge on any atom is 0.329 e. The van der Waals surface area contributed by atoms with E-state index in [9.17, 15) is 14.4 Å². The number of carbonyl (C=O) groups is 3. The highest BCUT2D eigenvalue weighted by atomic mass is 79.9. The van der Waals surface area contributed by atoms with Gasteiger partial charge in [-0.3, -0.25) is 9.59 Å². The largest absolute Gasteiger partial charge is 0.490 e. The summed E-state index contributed by atoms with van der Waals surface area (Å²) in [6, 6.07) is 16.7. The van der Waals surface area contributed by atoms with Crippen molar-refractivity contribution in [1.82, 2.24) is 10.2 Å². The molecule has 0 radical (unpaired) electrons. The smallest absolute Gasteiger partial charge is 0.329 e. The van der Waals surface area contributed by atoms with Gasteiger partial charge < -0.3 is 19.9 Å². The number of benzene rings is 3. The summed E-state index contributed by atoms with van der Waals surface area (Å²) in [5.41, 5.74) is 1.56. The second-order valence-electron chi connectivity index (χ2n) is 7.46. The van der Waals surface area contributed by atoms with E-state index in [-0.39, 0.29) is 5.70 Å². The number of nitrogens with one attached hydrogen (secondary N) is 1. The number of hydrogen-bond donors (Lipinski definition) is 2. The first-order valence-corrected chi connectivity index (χ1v) is 11.3. The number of imide groups is 1. The number of urea groups is 1. The van der Waals surface area contributed by atoms with Crippen LogP contribution in [-0.2, 0) is 16.2 Å². The van der Waals surface area contributed by atoms with Crippen molar-refractivity contribution >= 4 is 50.7 Å². The molecule has 3 aromatic rings. The molecule has 1 saturated heterocycles. The summed E-state index contributed by atoms with van der Waals surface area (Å²) in [7, 11) is 0. The number of aliphatic carboxylic acids is 1. The highest BCUT2D eigenvalue weighted by molar-refractivity contribution is 9.10. The molecule has 0 spiro atoms. The Hall–Kier alpha value is -3.85. The molecule has 34 heavy (non-hydrogen) atoms. The number of hydrogen-bond acceptors (Lipinski definition) is 5. The second kappa shape index (κ2) is 9.96. The van der Waals surface area contributed by atoms with E-state index >= 15 is 0 Å². The van der Waals surface area contributed by atoms with Crippen molar-refractivity contribution in [3.05, 3.63) is 75.9 Å². The first-order chi connectivity index (χ1) is 16.4. The number of carboxylic acids is 1. The summed E-state index contributed by atoms with van der Waals surface area (Å²) >= 11 is 3.52. The fourth-order valence-corrected chi connectivity index (χ4v) is 4.23. The lowest BCUT2D eigenvalue weighted by Crippen LogP contribution is -2.35. The number of amides is 3. The average Bonchev–Trinajstić information content (AvgIpc) is 3.05. The van der Waals surface area contributed by atoms with E-state index in [4.69, 9.17) is 14.6 Å². The van der Waals surface area contributed by atoms with Gasteiger partial charge in [0.1, 0.15) is 18.8 Å². The second-order valence-corrected chi connectivity index (χ2v) is 8.32. The van der Waals surface area contributed by atoms with Crippen molar-refractivity contribution in [2.45, 2.75) is 13.5 Å². The molecule has 0 unspecified atom stereocenters. The van der Waals surface area contributed by atoms with Gasteiger partial charge in [-0.2, -0.15) is 0 Å². The van der Waals surface area contributed by atoms with Crippen LogP contribution in [0, 0.1) is 0 Å². The summed E-state index contributed by atoms with van der Waals surface area (Å²) in [4.78, 5) is 35.9. The molecule has 0 aliphatic carbocycles. The van der Waals surface area contributed by atoms with E-state index in [1.807, 2.05) is 49.4 Å². The van der Waals surface area contributed by atoms with E-state index in [1.165, 1.54) is 6.08 Å². The summed E-state index contributed by atoms with van der Waals surface area (Å²) < 4.78 is 12.5. The van der Waals surface area contributed by atoms with Gasteiger partial charge in [0.25, 0.3) is 5.91 Å². The first-order valence-electron chi connectivity index (χ1n) is 10.5. The molecule has 1 aliphatic rings. The lowest BCUT2D eigenvalue weighted by molar-refractivity contribution is -0.140. The van der Waals surface area contributed by atoms with Gasteiger partial charge in [-0.05, 0) is 63.0 Å². The van der Waals surface area contributed by atoms with Crippen LogP contribution in [0.4, 0.5) is 4.79 Å². The van der Waals surface area contributed by atoms with Gasteiger partial charge in [0.15, 0.2) is 11.5 Å². The fourth-order valence-electron chi connectivity index (χ4n) is 3.66. The zero-order valence-electron chi connectivity index (χ0n) is 18.2. The lowest BCUT2D eigenvalue weighted by Gasteiger charge is -2.16. The van der Waals surface area contributed by atoms with Crippen LogP contribution in [0.2, 0.25) is 0 Å². The Kier molecular flexibility index (Phi) is 6.83. The minimum absolute atomic E-state index is 0.0231. The fraction of sp³-hybridized carbons (Fsp3) is 0.160. The third-order valence-electron chi connectivity index (χ3n) is 5.15. The molecular formula is C25H21BrN2O6. The van der Waals surface area contributed by atoms with Crippen molar-refractivity contribution < 1.29 is 29.0 Å².